The van der Waals surface area contributed by atoms with Crippen molar-refractivity contribution >= 4 is 17.2 Å². The van der Waals surface area contributed by atoms with E-state index < -0.39 is 5.60 Å². The Morgan fingerprint density at radius 1 is 1.24 bits per heavy atom. The van der Waals surface area contributed by atoms with Gasteiger partial charge in [-0.15, -0.1) is 11.3 Å². The van der Waals surface area contributed by atoms with Gasteiger partial charge in [0.15, 0.2) is 11.6 Å². The molecule has 3 N–H and O–H groups in total. The summed E-state index contributed by atoms with van der Waals surface area (Å²) < 4.78 is 6.04. The zero-order valence-corrected chi connectivity index (χ0v) is 20.9. The molecule has 0 radical (unpaired) electrons. The van der Waals surface area contributed by atoms with E-state index in [1.165, 1.54) is 5.01 Å². The molecule has 178 valence electrons. The second-order valence-corrected chi connectivity index (χ2v) is 10.2. The number of benzene rings is 1. The molecule has 1 aromatic carbocycles. The van der Waals surface area contributed by atoms with Crippen LogP contribution in [-0.4, -0.2) is 45.7 Å². The number of ether oxygens (including phenoxy) is 1. The Bertz CT molecular complexity index is 1190. The molecule has 34 heavy (non-hydrogen) atoms. The predicted octanol–water partition coefficient (Wildman–Crippen LogP) is 4.69. The molecule has 3 aromatic rings. The highest BCUT2D eigenvalue weighted by Crippen LogP contribution is 2.36. The number of piperidine rings is 1. The minimum absolute atomic E-state index is 0.346. The highest BCUT2D eigenvalue weighted by Gasteiger charge is 2.21. The number of thiazole rings is 1. The van der Waals surface area contributed by atoms with Gasteiger partial charge in [0.25, 0.3) is 0 Å². The van der Waals surface area contributed by atoms with E-state index in [2.05, 4.69) is 28.8 Å². The van der Waals surface area contributed by atoms with Crippen molar-refractivity contribution in [2.75, 3.05) is 25.9 Å². The molecule has 0 saturated carbocycles. The molecule has 1 aliphatic rings. The lowest BCUT2D eigenvalue weighted by molar-refractivity contribution is 0.118. The fourth-order valence-corrected chi connectivity index (χ4v) is 4.83. The van der Waals surface area contributed by atoms with Crippen LogP contribution < -0.4 is 10.5 Å². The van der Waals surface area contributed by atoms with Crippen molar-refractivity contribution in [3.8, 4) is 28.0 Å². The summed E-state index contributed by atoms with van der Waals surface area (Å²) in [4.78, 5) is 12.5. The molecule has 7 heteroatoms. The van der Waals surface area contributed by atoms with Crippen molar-refractivity contribution in [2.24, 2.45) is 0 Å². The van der Waals surface area contributed by atoms with Crippen molar-refractivity contribution in [1.29, 1.82) is 0 Å². The number of anilines is 1. The molecular formula is C27H32N4O2S. The summed E-state index contributed by atoms with van der Waals surface area (Å²) in [5.41, 5.74) is 7.88. The standard InChI is InChI=1S/C27H32N4O2S/c1-4-27(2,32)11-8-19-6-5-7-20(14-19)18-33-23-15-22(16-29-25(23)28)24-17-30-26(34-24)21-9-12-31(3)13-10-21/h5-7,14-17,21,32H,4,9-10,12-13,18H2,1-3H3,(H2,28,29). The first-order valence-corrected chi connectivity index (χ1v) is 12.5. The van der Waals surface area contributed by atoms with Gasteiger partial charge < -0.3 is 20.5 Å². The average molecular weight is 477 g/mol. The van der Waals surface area contributed by atoms with Crippen LogP contribution >= 0.6 is 11.3 Å². The number of hydrogen-bond donors (Lipinski definition) is 2. The summed E-state index contributed by atoms with van der Waals surface area (Å²) in [6, 6.07) is 9.74. The van der Waals surface area contributed by atoms with Gasteiger partial charge in [-0.1, -0.05) is 30.9 Å². The van der Waals surface area contributed by atoms with Crippen molar-refractivity contribution < 1.29 is 9.84 Å². The van der Waals surface area contributed by atoms with Gasteiger partial charge in [0, 0.05) is 29.4 Å². The Kier molecular flexibility index (Phi) is 7.52. The molecule has 1 saturated heterocycles. The molecule has 1 fully saturated rings. The molecule has 2 aromatic heterocycles. The monoisotopic (exact) mass is 476 g/mol. The maximum absolute atomic E-state index is 10.1. The topological polar surface area (TPSA) is 84.5 Å². The van der Waals surface area contributed by atoms with Crippen molar-refractivity contribution in [2.45, 2.75) is 51.2 Å². The third kappa shape index (κ3) is 6.15. The van der Waals surface area contributed by atoms with Crippen LogP contribution in [-0.2, 0) is 6.61 Å². The van der Waals surface area contributed by atoms with Crippen LogP contribution in [0.2, 0.25) is 0 Å². The van der Waals surface area contributed by atoms with E-state index in [9.17, 15) is 5.11 Å². The molecule has 3 heterocycles. The molecule has 4 rings (SSSR count). The zero-order chi connectivity index (χ0) is 24.1. The minimum atomic E-state index is -0.989. The average Bonchev–Trinajstić information content (AvgIpc) is 3.33. The van der Waals surface area contributed by atoms with Gasteiger partial charge in [0.2, 0.25) is 0 Å². The van der Waals surface area contributed by atoms with Crippen LogP contribution in [0.1, 0.15) is 55.2 Å². The largest absolute Gasteiger partial charge is 0.485 e. The summed E-state index contributed by atoms with van der Waals surface area (Å²) in [5, 5.41) is 11.3. The molecule has 0 aliphatic carbocycles. The Hall–Kier alpha value is -2.92. The first-order valence-electron chi connectivity index (χ1n) is 11.7. The molecule has 0 spiro atoms. The Morgan fingerprint density at radius 2 is 2.03 bits per heavy atom. The quantitative estimate of drug-likeness (QED) is 0.502. The fourth-order valence-electron chi connectivity index (χ4n) is 3.77. The lowest BCUT2D eigenvalue weighted by Crippen LogP contribution is -2.29. The van der Waals surface area contributed by atoms with E-state index in [0.717, 1.165) is 47.5 Å². The van der Waals surface area contributed by atoms with Crippen molar-refractivity contribution in [1.82, 2.24) is 14.9 Å². The molecule has 1 unspecified atom stereocenters. The van der Waals surface area contributed by atoms with E-state index in [0.29, 0.717) is 30.5 Å². The van der Waals surface area contributed by atoms with E-state index in [4.69, 9.17) is 15.5 Å². The number of pyridine rings is 1. The first kappa shape index (κ1) is 24.2. The molecular weight excluding hydrogens is 444 g/mol. The van der Waals surface area contributed by atoms with Crippen LogP contribution in [0.25, 0.3) is 10.4 Å². The summed E-state index contributed by atoms with van der Waals surface area (Å²) in [6.45, 7) is 6.21. The van der Waals surface area contributed by atoms with Gasteiger partial charge in [0.1, 0.15) is 12.2 Å². The highest BCUT2D eigenvalue weighted by atomic mass is 32.1. The van der Waals surface area contributed by atoms with Gasteiger partial charge in [-0.25, -0.2) is 9.97 Å². The van der Waals surface area contributed by atoms with Gasteiger partial charge >= 0.3 is 0 Å². The van der Waals surface area contributed by atoms with Crippen LogP contribution in [0, 0.1) is 11.8 Å². The van der Waals surface area contributed by atoms with Crippen LogP contribution in [0.15, 0.2) is 42.7 Å². The number of aromatic nitrogens is 2. The molecule has 1 atom stereocenters. The van der Waals surface area contributed by atoms with Crippen LogP contribution in [0.3, 0.4) is 0 Å². The second kappa shape index (κ2) is 10.6. The van der Waals surface area contributed by atoms with E-state index >= 15 is 0 Å². The fraction of sp³-hybridized carbons (Fsp3) is 0.407. The molecule has 0 amide bonds. The summed E-state index contributed by atoms with van der Waals surface area (Å²) in [5.74, 6) is 7.41. The van der Waals surface area contributed by atoms with E-state index in [1.54, 1.807) is 24.5 Å². The summed E-state index contributed by atoms with van der Waals surface area (Å²) in [7, 11) is 2.17. The number of likely N-dealkylation sites (tertiary alicyclic amines) is 1. The van der Waals surface area contributed by atoms with Crippen LogP contribution in [0.4, 0.5) is 5.82 Å². The third-order valence-corrected chi connectivity index (χ3v) is 7.45. The minimum Gasteiger partial charge on any atom is -0.485 e. The number of rotatable bonds is 6. The van der Waals surface area contributed by atoms with Gasteiger partial charge in [0.05, 0.1) is 9.88 Å². The number of nitrogens with zero attached hydrogens (tertiary/aromatic N) is 3. The third-order valence-electron chi connectivity index (χ3n) is 6.24. The van der Waals surface area contributed by atoms with Gasteiger partial charge in [-0.2, -0.15) is 0 Å². The molecule has 1 aliphatic heterocycles. The van der Waals surface area contributed by atoms with E-state index in [1.807, 2.05) is 43.5 Å². The van der Waals surface area contributed by atoms with Crippen LogP contribution in [0.5, 0.6) is 5.75 Å². The lowest BCUT2D eigenvalue weighted by Gasteiger charge is -2.27. The molecule has 6 nitrogen and oxygen atoms in total. The predicted molar refractivity (Wildman–Crippen MR) is 138 cm³/mol. The van der Waals surface area contributed by atoms with Crippen molar-refractivity contribution in [3.63, 3.8) is 0 Å². The number of nitrogen functional groups attached to an aromatic ring is 1. The first-order chi connectivity index (χ1) is 16.3. The van der Waals surface area contributed by atoms with E-state index in [-0.39, 0.29) is 0 Å². The maximum Gasteiger partial charge on any atom is 0.166 e. The maximum atomic E-state index is 10.1. The SMILES string of the molecule is CCC(C)(O)C#Cc1cccc(COc2cc(-c3cnc(C4CCN(C)CC4)s3)cnc2N)c1. The van der Waals surface area contributed by atoms with Crippen molar-refractivity contribution in [3.05, 3.63) is 58.9 Å². The second-order valence-electron chi connectivity index (χ2n) is 9.11. The summed E-state index contributed by atoms with van der Waals surface area (Å²) in [6.07, 6.45) is 6.59. The summed E-state index contributed by atoms with van der Waals surface area (Å²) >= 11 is 1.73. The lowest BCUT2D eigenvalue weighted by atomic mass is 9.98. The number of hydrogen-bond acceptors (Lipinski definition) is 7. The Balaban J connectivity index is 1.45. The number of aliphatic hydroxyl groups is 1. The highest BCUT2D eigenvalue weighted by molar-refractivity contribution is 7.15. The smallest absolute Gasteiger partial charge is 0.166 e. The number of nitrogens with two attached hydrogens (primary N) is 1. The normalized spacial score (nSPS) is 16.5. The van der Waals surface area contributed by atoms with Gasteiger partial charge in [-0.05, 0) is 70.1 Å². The Morgan fingerprint density at radius 3 is 2.79 bits per heavy atom. The molecule has 0 bridgehead atoms. The zero-order valence-electron chi connectivity index (χ0n) is 20.0. The Labute approximate surface area is 205 Å². The van der Waals surface area contributed by atoms with Gasteiger partial charge in [-0.3, -0.25) is 0 Å².